The lowest BCUT2D eigenvalue weighted by Gasteiger charge is -2.32. The lowest BCUT2D eigenvalue weighted by Crippen LogP contribution is -2.33. The zero-order valence-electron chi connectivity index (χ0n) is 11.6. The van der Waals surface area contributed by atoms with E-state index in [0.29, 0.717) is 11.8 Å². The smallest absolute Gasteiger partial charge is 0.0112 e. The standard InChI is InChI=1S/C17H21NS/c1-12-3-5-14(6-4-12)16-11-18-9-7-15(16)17-13(2)8-10-19-17/h3-6,8,10,15-16,18H,7,9,11H2,1-2H3. The van der Waals surface area contributed by atoms with Crippen LogP contribution in [0.4, 0.5) is 0 Å². The van der Waals surface area contributed by atoms with Crippen molar-refractivity contribution in [2.24, 2.45) is 0 Å². The Kier molecular flexibility index (Phi) is 3.72. The Hall–Kier alpha value is -1.12. The van der Waals surface area contributed by atoms with Gasteiger partial charge in [0, 0.05) is 23.3 Å². The van der Waals surface area contributed by atoms with Crippen LogP contribution < -0.4 is 5.32 Å². The van der Waals surface area contributed by atoms with Crippen molar-refractivity contribution in [1.29, 1.82) is 0 Å². The molecular formula is C17H21NS. The minimum Gasteiger partial charge on any atom is -0.316 e. The average molecular weight is 271 g/mol. The van der Waals surface area contributed by atoms with Crippen molar-refractivity contribution < 1.29 is 0 Å². The summed E-state index contributed by atoms with van der Waals surface area (Å²) in [7, 11) is 0. The Bertz CT molecular complexity index is 541. The fraction of sp³-hybridized carbons (Fsp3) is 0.412. The van der Waals surface area contributed by atoms with Crippen molar-refractivity contribution in [2.45, 2.75) is 32.1 Å². The lowest BCUT2D eigenvalue weighted by molar-refractivity contribution is 0.407. The number of piperidine rings is 1. The Balaban J connectivity index is 1.93. The molecule has 0 bridgehead atoms. The number of nitrogens with one attached hydrogen (secondary N) is 1. The molecule has 1 N–H and O–H groups in total. The highest BCUT2D eigenvalue weighted by Crippen LogP contribution is 2.40. The summed E-state index contributed by atoms with van der Waals surface area (Å²) >= 11 is 1.93. The largest absolute Gasteiger partial charge is 0.316 e. The summed E-state index contributed by atoms with van der Waals surface area (Å²) in [4.78, 5) is 1.59. The monoisotopic (exact) mass is 271 g/mol. The highest BCUT2D eigenvalue weighted by Gasteiger charge is 2.29. The van der Waals surface area contributed by atoms with Gasteiger partial charge in [-0.2, -0.15) is 0 Å². The molecule has 1 saturated heterocycles. The van der Waals surface area contributed by atoms with Crippen molar-refractivity contribution >= 4 is 11.3 Å². The van der Waals surface area contributed by atoms with Crippen LogP contribution in [-0.2, 0) is 0 Å². The van der Waals surface area contributed by atoms with Crippen LogP contribution in [0.5, 0.6) is 0 Å². The van der Waals surface area contributed by atoms with Crippen LogP contribution in [-0.4, -0.2) is 13.1 Å². The molecule has 2 heterocycles. The molecule has 19 heavy (non-hydrogen) atoms. The molecule has 1 aliphatic rings. The highest BCUT2D eigenvalue weighted by atomic mass is 32.1. The van der Waals surface area contributed by atoms with Crippen LogP contribution >= 0.6 is 11.3 Å². The van der Waals surface area contributed by atoms with Gasteiger partial charge >= 0.3 is 0 Å². The average Bonchev–Trinajstić information content (AvgIpc) is 2.86. The Morgan fingerprint density at radius 3 is 2.53 bits per heavy atom. The molecule has 3 rings (SSSR count). The SMILES string of the molecule is Cc1ccc(C2CNCCC2c2sccc2C)cc1. The van der Waals surface area contributed by atoms with Gasteiger partial charge in [-0.3, -0.25) is 0 Å². The van der Waals surface area contributed by atoms with Crippen LogP contribution in [0.25, 0.3) is 0 Å². The minimum atomic E-state index is 0.617. The molecule has 0 amide bonds. The van der Waals surface area contributed by atoms with Gasteiger partial charge in [-0.15, -0.1) is 11.3 Å². The summed E-state index contributed by atoms with van der Waals surface area (Å²) in [6.45, 7) is 6.65. The number of hydrogen-bond acceptors (Lipinski definition) is 2. The maximum atomic E-state index is 3.56. The van der Waals surface area contributed by atoms with E-state index in [0.717, 1.165) is 13.1 Å². The van der Waals surface area contributed by atoms with Gasteiger partial charge in [-0.25, -0.2) is 0 Å². The molecule has 0 saturated carbocycles. The fourth-order valence-electron chi connectivity index (χ4n) is 3.10. The van der Waals surface area contributed by atoms with Crippen molar-refractivity contribution in [3.8, 4) is 0 Å². The molecule has 1 fully saturated rings. The van der Waals surface area contributed by atoms with E-state index in [-0.39, 0.29) is 0 Å². The van der Waals surface area contributed by atoms with Crippen molar-refractivity contribution in [3.05, 3.63) is 57.3 Å². The molecular weight excluding hydrogens is 250 g/mol. The number of aryl methyl sites for hydroxylation is 2. The van der Waals surface area contributed by atoms with Crippen molar-refractivity contribution in [1.82, 2.24) is 5.32 Å². The van der Waals surface area contributed by atoms with Crippen LogP contribution in [0.15, 0.2) is 35.7 Å². The fourth-order valence-corrected chi connectivity index (χ4v) is 4.23. The summed E-state index contributed by atoms with van der Waals surface area (Å²) in [6.07, 6.45) is 1.25. The first kappa shape index (κ1) is 12.9. The first-order valence-corrected chi connectivity index (χ1v) is 7.95. The first-order chi connectivity index (χ1) is 9.25. The second-order valence-electron chi connectivity index (χ2n) is 5.58. The summed E-state index contributed by atoms with van der Waals surface area (Å²) in [5.41, 5.74) is 4.29. The van der Waals surface area contributed by atoms with E-state index in [1.165, 1.54) is 23.1 Å². The zero-order chi connectivity index (χ0) is 13.2. The quantitative estimate of drug-likeness (QED) is 0.862. The van der Waals surface area contributed by atoms with Crippen LogP contribution in [0.2, 0.25) is 0 Å². The van der Waals surface area contributed by atoms with E-state index in [1.54, 1.807) is 4.88 Å². The second-order valence-corrected chi connectivity index (χ2v) is 6.53. The van der Waals surface area contributed by atoms with Gasteiger partial charge in [-0.05, 0) is 49.4 Å². The molecule has 0 radical (unpaired) electrons. The minimum absolute atomic E-state index is 0.617. The maximum Gasteiger partial charge on any atom is 0.0112 e. The predicted molar refractivity (Wildman–Crippen MR) is 83.2 cm³/mol. The molecule has 2 unspecified atom stereocenters. The molecule has 2 aromatic rings. The number of rotatable bonds is 2. The van der Waals surface area contributed by atoms with Gasteiger partial charge in [0.15, 0.2) is 0 Å². The third kappa shape index (κ3) is 2.60. The summed E-state index contributed by atoms with van der Waals surface area (Å²) in [6, 6.07) is 11.4. The van der Waals surface area contributed by atoms with Gasteiger partial charge in [0.25, 0.3) is 0 Å². The predicted octanol–water partition coefficient (Wildman–Crippen LogP) is 4.23. The third-order valence-electron chi connectivity index (χ3n) is 4.23. The zero-order valence-corrected chi connectivity index (χ0v) is 12.5. The van der Waals surface area contributed by atoms with Crippen molar-refractivity contribution in [2.75, 3.05) is 13.1 Å². The molecule has 2 heteroatoms. The summed E-state index contributed by atoms with van der Waals surface area (Å²) in [5.74, 6) is 1.30. The lowest BCUT2D eigenvalue weighted by atomic mass is 9.79. The molecule has 0 spiro atoms. The number of hydrogen-bond donors (Lipinski definition) is 1. The second kappa shape index (κ2) is 5.48. The molecule has 1 aromatic heterocycles. The molecule has 1 nitrogen and oxygen atoms in total. The van der Waals surface area contributed by atoms with Gasteiger partial charge in [-0.1, -0.05) is 29.8 Å². The molecule has 100 valence electrons. The molecule has 2 atom stereocenters. The van der Waals surface area contributed by atoms with Gasteiger partial charge in [0.05, 0.1) is 0 Å². The summed E-state index contributed by atoms with van der Waals surface area (Å²) in [5, 5.41) is 5.80. The number of benzene rings is 1. The molecule has 1 aliphatic heterocycles. The van der Waals surface area contributed by atoms with E-state index in [9.17, 15) is 0 Å². The Labute approximate surface area is 119 Å². The maximum absolute atomic E-state index is 3.56. The van der Waals surface area contributed by atoms with E-state index in [4.69, 9.17) is 0 Å². The summed E-state index contributed by atoms with van der Waals surface area (Å²) < 4.78 is 0. The van der Waals surface area contributed by atoms with Gasteiger partial charge in [0.1, 0.15) is 0 Å². The van der Waals surface area contributed by atoms with Crippen LogP contribution in [0.1, 0.15) is 39.8 Å². The van der Waals surface area contributed by atoms with Gasteiger partial charge in [0.2, 0.25) is 0 Å². The first-order valence-electron chi connectivity index (χ1n) is 7.07. The van der Waals surface area contributed by atoms with E-state index in [1.807, 2.05) is 11.3 Å². The van der Waals surface area contributed by atoms with Crippen molar-refractivity contribution in [3.63, 3.8) is 0 Å². The normalized spacial score (nSPS) is 23.5. The molecule has 0 aliphatic carbocycles. The Morgan fingerprint density at radius 2 is 1.84 bits per heavy atom. The van der Waals surface area contributed by atoms with Crippen LogP contribution in [0, 0.1) is 13.8 Å². The third-order valence-corrected chi connectivity index (χ3v) is 5.38. The highest BCUT2D eigenvalue weighted by molar-refractivity contribution is 7.10. The van der Waals surface area contributed by atoms with Crippen LogP contribution in [0.3, 0.4) is 0 Å². The topological polar surface area (TPSA) is 12.0 Å². The van der Waals surface area contributed by atoms with Gasteiger partial charge < -0.3 is 5.32 Å². The van der Waals surface area contributed by atoms with E-state index in [2.05, 4.69) is 54.9 Å². The Morgan fingerprint density at radius 1 is 1.05 bits per heavy atom. The van der Waals surface area contributed by atoms with E-state index < -0.39 is 0 Å². The molecule has 1 aromatic carbocycles. The van der Waals surface area contributed by atoms with E-state index >= 15 is 0 Å². The number of thiophene rings is 1.